The molecule has 0 unspecified atom stereocenters. The fourth-order valence-electron chi connectivity index (χ4n) is 2.68. The first-order valence-electron chi connectivity index (χ1n) is 6.86. The fourth-order valence-corrected chi connectivity index (χ4v) is 2.68. The van der Waals surface area contributed by atoms with E-state index in [9.17, 15) is 9.59 Å². The lowest BCUT2D eigenvalue weighted by Crippen LogP contribution is -2.31. The lowest BCUT2D eigenvalue weighted by molar-refractivity contribution is -0.132. The third-order valence-electron chi connectivity index (χ3n) is 3.80. The molecular formula is C15H12N4O3. The van der Waals surface area contributed by atoms with Crippen LogP contribution in [0.1, 0.15) is 11.3 Å². The Balaban J connectivity index is 1.60. The zero-order valence-corrected chi connectivity index (χ0v) is 11.6. The Morgan fingerprint density at radius 3 is 3.00 bits per heavy atom. The minimum atomic E-state index is -0.522. The van der Waals surface area contributed by atoms with E-state index in [2.05, 4.69) is 9.97 Å². The molecule has 0 aliphatic carbocycles. The second kappa shape index (κ2) is 4.80. The van der Waals surface area contributed by atoms with Crippen LogP contribution in [0, 0.1) is 0 Å². The number of benzene rings is 1. The topological polar surface area (TPSA) is 81.2 Å². The van der Waals surface area contributed by atoms with Crippen LogP contribution in [0.5, 0.6) is 0 Å². The van der Waals surface area contributed by atoms with Gasteiger partial charge in [-0.15, -0.1) is 0 Å². The van der Waals surface area contributed by atoms with E-state index in [0.29, 0.717) is 24.2 Å². The SMILES string of the molecule is O=C(Cn1c(=O)oc2ccccc21)N1Cc2cncnc2C1. The number of carbonyl (C=O) groups excluding carboxylic acids is 1. The fraction of sp³-hybridized carbons (Fsp3) is 0.200. The van der Waals surface area contributed by atoms with E-state index in [-0.39, 0.29) is 12.5 Å². The molecule has 0 spiro atoms. The van der Waals surface area contributed by atoms with Gasteiger partial charge in [0.15, 0.2) is 5.58 Å². The normalized spacial score (nSPS) is 13.5. The molecule has 22 heavy (non-hydrogen) atoms. The van der Waals surface area contributed by atoms with Crippen LogP contribution >= 0.6 is 0 Å². The molecule has 7 heteroatoms. The Bertz CT molecular complexity index is 903. The molecule has 0 atom stereocenters. The number of carbonyl (C=O) groups is 1. The highest BCUT2D eigenvalue weighted by molar-refractivity contribution is 5.80. The molecule has 3 heterocycles. The quantitative estimate of drug-likeness (QED) is 0.702. The molecule has 1 aliphatic rings. The van der Waals surface area contributed by atoms with E-state index in [1.807, 2.05) is 0 Å². The number of aromatic nitrogens is 3. The van der Waals surface area contributed by atoms with Gasteiger partial charge in [-0.05, 0) is 12.1 Å². The number of nitrogens with zero attached hydrogens (tertiary/aromatic N) is 4. The van der Waals surface area contributed by atoms with Crippen LogP contribution in [-0.4, -0.2) is 25.3 Å². The van der Waals surface area contributed by atoms with Crippen molar-refractivity contribution >= 4 is 17.0 Å². The Morgan fingerprint density at radius 1 is 1.27 bits per heavy atom. The van der Waals surface area contributed by atoms with Crippen LogP contribution in [0.15, 0.2) is 46.0 Å². The van der Waals surface area contributed by atoms with Gasteiger partial charge in [-0.3, -0.25) is 9.36 Å². The molecule has 2 aromatic heterocycles. The molecule has 1 amide bonds. The predicted octanol–water partition coefficient (Wildman–Crippen LogP) is 0.927. The molecule has 0 saturated heterocycles. The van der Waals surface area contributed by atoms with Crippen molar-refractivity contribution in [1.82, 2.24) is 19.4 Å². The summed E-state index contributed by atoms with van der Waals surface area (Å²) in [6.07, 6.45) is 3.19. The van der Waals surface area contributed by atoms with Gasteiger partial charge in [0.2, 0.25) is 5.91 Å². The first-order valence-corrected chi connectivity index (χ1v) is 6.86. The Morgan fingerprint density at radius 2 is 2.14 bits per heavy atom. The van der Waals surface area contributed by atoms with Crippen molar-refractivity contribution in [3.05, 3.63) is 58.6 Å². The number of hydrogen-bond donors (Lipinski definition) is 0. The largest absolute Gasteiger partial charge is 0.420 e. The van der Waals surface area contributed by atoms with Crippen molar-refractivity contribution in [2.45, 2.75) is 19.6 Å². The monoisotopic (exact) mass is 296 g/mol. The van der Waals surface area contributed by atoms with Crippen molar-refractivity contribution in [2.24, 2.45) is 0 Å². The maximum absolute atomic E-state index is 12.5. The van der Waals surface area contributed by atoms with E-state index in [0.717, 1.165) is 11.3 Å². The van der Waals surface area contributed by atoms with E-state index < -0.39 is 5.76 Å². The molecule has 110 valence electrons. The van der Waals surface area contributed by atoms with Gasteiger partial charge < -0.3 is 9.32 Å². The summed E-state index contributed by atoms with van der Waals surface area (Å²) >= 11 is 0. The Labute approximate surface area is 124 Å². The summed E-state index contributed by atoms with van der Waals surface area (Å²) < 4.78 is 6.49. The second-order valence-electron chi connectivity index (χ2n) is 5.17. The average Bonchev–Trinajstić information content (AvgIpc) is 3.09. The van der Waals surface area contributed by atoms with E-state index in [1.165, 1.54) is 10.9 Å². The number of fused-ring (bicyclic) bond motifs is 2. The third kappa shape index (κ3) is 1.98. The van der Waals surface area contributed by atoms with Gasteiger partial charge in [-0.2, -0.15) is 0 Å². The first-order chi connectivity index (χ1) is 10.7. The Kier molecular flexibility index (Phi) is 2.78. The maximum atomic E-state index is 12.5. The summed E-state index contributed by atoms with van der Waals surface area (Å²) in [5.74, 6) is -0.669. The summed E-state index contributed by atoms with van der Waals surface area (Å²) in [5.41, 5.74) is 2.90. The van der Waals surface area contributed by atoms with Crippen LogP contribution in [0.25, 0.3) is 11.1 Å². The third-order valence-corrected chi connectivity index (χ3v) is 3.80. The van der Waals surface area contributed by atoms with Gasteiger partial charge in [0.1, 0.15) is 12.9 Å². The number of hydrogen-bond acceptors (Lipinski definition) is 5. The molecule has 3 aromatic rings. The average molecular weight is 296 g/mol. The molecular weight excluding hydrogens is 284 g/mol. The molecule has 7 nitrogen and oxygen atoms in total. The van der Waals surface area contributed by atoms with E-state index in [1.54, 1.807) is 35.4 Å². The zero-order chi connectivity index (χ0) is 15.1. The summed E-state index contributed by atoms with van der Waals surface area (Å²) in [6.45, 7) is 0.873. The van der Waals surface area contributed by atoms with E-state index in [4.69, 9.17) is 4.42 Å². The summed E-state index contributed by atoms with van der Waals surface area (Å²) in [4.78, 5) is 34.2. The minimum absolute atomic E-state index is 0.0444. The van der Waals surface area contributed by atoms with Crippen molar-refractivity contribution in [2.75, 3.05) is 0 Å². The summed E-state index contributed by atoms with van der Waals surface area (Å²) in [5, 5.41) is 0. The smallest absolute Gasteiger partial charge is 0.408 e. The molecule has 0 radical (unpaired) electrons. The zero-order valence-electron chi connectivity index (χ0n) is 11.6. The Hall–Kier alpha value is -2.96. The molecule has 4 rings (SSSR count). The lowest BCUT2D eigenvalue weighted by Gasteiger charge is -2.14. The van der Waals surface area contributed by atoms with Crippen LogP contribution in [0.3, 0.4) is 0 Å². The van der Waals surface area contributed by atoms with Crippen LogP contribution in [-0.2, 0) is 24.4 Å². The van der Waals surface area contributed by atoms with Crippen LogP contribution in [0.4, 0.5) is 0 Å². The molecule has 0 fully saturated rings. The standard InChI is InChI=1S/C15H12N4O3/c20-14(18-6-10-5-16-9-17-11(10)7-18)8-19-12-3-1-2-4-13(12)22-15(19)21/h1-5,9H,6-8H2. The van der Waals surface area contributed by atoms with Crippen LogP contribution in [0.2, 0.25) is 0 Å². The van der Waals surface area contributed by atoms with Crippen LogP contribution < -0.4 is 5.76 Å². The molecule has 0 N–H and O–H groups in total. The molecule has 0 saturated carbocycles. The van der Waals surface area contributed by atoms with Gasteiger partial charge in [-0.1, -0.05) is 12.1 Å². The summed E-state index contributed by atoms with van der Waals surface area (Å²) in [6, 6.07) is 7.06. The van der Waals surface area contributed by atoms with Crippen molar-refractivity contribution < 1.29 is 9.21 Å². The number of amides is 1. The minimum Gasteiger partial charge on any atom is -0.408 e. The number of rotatable bonds is 2. The van der Waals surface area contributed by atoms with Gasteiger partial charge in [0, 0.05) is 18.3 Å². The number of oxazole rings is 1. The van der Waals surface area contributed by atoms with E-state index >= 15 is 0 Å². The first kappa shape index (κ1) is 12.8. The highest BCUT2D eigenvalue weighted by Crippen LogP contribution is 2.20. The molecule has 0 bridgehead atoms. The maximum Gasteiger partial charge on any atom is 0.420 e. The molecule has 1 aromatic carbocycles. The van der Waals surface area contributed by atoms with Gasteiger partial charge in [0.25, 0.3) is 0 Å². The number of para-hydroxylation sites is 2. The second-order valence-corrected chi connectivity index (χ2v) is 5.17. The van der Waals surface area contributed by atoms with Crippen molar-refractivity contribution in [3.63, 3.8) is 0 Å². The van der Waals surface area contributed by atoms with Gasteiger partial charge in [-0.25, -0.2) is 14.8 Å². The highest BCUT2D eigenvalue weighted by Gasteiger charge is 2.25. The lowest BCUT2D eigenvalue weighted by atomic mass is 10.3. The summed E-state index contributed by atoms with van der Waals surface area (Å²) in [7, 11) is 0. The van der Waals surface area contributed by atoms with Crippen molar-refractivity contribution in [3.8, 4) is 0 Å². The van der Waals surface area contributed by atoms with Gasteiger partial charge in [0.05, 0.1) is 17.8 Å². The molecule has 1 aliphatic heterocycles. The predicted molar refractivity (Wildman–Crippen MR) is 76.8 cm³/mol. The highest BCUT2D eigenvalue weighted by atomic mass is 16.4. The van der Waals surface area contributed by atoms with Crippen molar-refractivity contribution in [1.29, 1.82) is 0 Å². The van der Waals surface area contributed by atoms with Gasteiger partial charge >= 0.3 is 5.76 Å².